The molecule has 0 bridgehead atoms. The van der Waals surface area contributed by atoms with E-state index in [1.807, 2.05) is 0 Å². The van der Waals surface area contributed by atoms with Crippen LogP contribution in [0.3, 0.4) is 0 Å². The van der Waals surface area contributed by atoms with Gasteiger partial charge in [-0.15, -0.1) is 0 Å². The van der Waals surface area contributed by atoms with Crippen molar-refractivity contribution in [2.45, 2.75) is 19.6 Å². The molecule has 1 amide bonds. The van der Waals surface area contributed by atoms with Crippen molar-refractivity contribution in [2.24, 2.45) is 0 Å². The van der Waals surface area contributed by atoms with Crippen molar-refractivity contribution in [3.05, 3.63) is 59.4 Å². The molecule has 0 saturated carbocycles. The Balaban J connectivity index is 1.96. The van der Waals surface area contributed by atoms with Gasteiger partial charge in [-0.25, -0.2) is 9.18 Å². The molecule has 0 spiro atoms. The first-order chi connectivity index (χ1) is 14.4. The Hall–Kier alpha value is -3.55. The third-order valence-electron chi connectivity index (χ3n) is 4.18. The number of rotatable bonds is 9. The van der Waals surface area contributed by atoms with Gasteiger partial charge in [-0.3, -0.25) is 4.79 Å². The number of ether oxygens (including phenoxy) is 4. The van der Waals surface area contributed by atoms with E-state index in [0.717, 1.165) is 5.56 Å². The van der Waals surface area contributed by atoms with Crippen molar-refractivity contribution in [1.82, 2.24) is 5.32 Å². The van der Waals surface area contributed by atoms with Crippen molar-refractivity contribution in [3.63, 3.8) is 0 Å². The minimum atomic E-state index is -1.00. The topological polar surface area (TPSA) is 83.1 Å². The van der Waals surface area contributed by atoms with E-state index < -0.39 is 18.0 Å². The lowest BCUT2D eigenvalue weighted by atomic mass is 10.1. The number of carbonyl (C=O) groups excluding carboxylic acids is 2. The SMILES string of the molecule is COc1cc(OC)c(OC)cc1/C=C/C(=O)O[C@H](C)C(=O)NCc1ccc(F)cc1. The predicted molar refractivity (Wildman–Crippen MR) is 109 cm³/mol. The lowest BCUT2D eigenvalue weighted by Gasteiger charge is -2.13. The summed E-state index contributed by atoms with van der Waals surface area (Å²) in [5.74, 6) is -0.0894. The van der Waals surface area contributed by atoms with Crippen molar-refractivity contribution in [2.75, 3.05) is 21.3 Å². The zero-order valence-corrected chi connectivity index (χ0v) is 17.2. The predicted octanol–water partition coefficient (Wildman–Crippen LogP) is 3.11. The largest absolute Gasteiger partial charge is 0.496 e. The Morgan fingerprint density at radius 3 is 2.20 bits per heavy atom. The lowest BCUT2D eigenvalue weighted by Crippen LogP contribution is -2.35. The fourth-order valence-corrected chi connectivity index (χ4v) is 2.54. The lowest BCUT2D eigenvalue weighted by molar-refractivity contribution is -0.150. The molecule has 7 nitrogen and oxygen atoms in total. The fraction of sp³-hybridized carbons (Fsp3) is 0.273. The molecule has 0 aromatic heterocycles. The molecule has 0 aliphatic heterocycles. The fourth-order valence-electron chi connectivity index (χ4n) is 2.54. The zero-order chi connectivity index (χ0) is 22.1. The summed E-state index contributed by atoms with van der Waals surface area (Å²) < 4.78 is 33.8. The van der Waals surface area contributed by atoms with Gasteiger partial charge in [0, 0.05) is 24.3 Å². The number of esters is 1. The number of benzene rings is 2. The zero-order valence-electron chi connectivity index (χ0n) is 17.2. The van der Waals surface area contributed by atoms with Gasteiger partial charge < -0.3 is 24.3 Å². The molecular weight excluding hydrogens is 393 g/mol. The molecule has 8 heteroatoms. The van der Waals surface area contributed by atoms with Gasteiger partial charge >= 0.3 is 5.97 Å². The second-order valence-electron chi connectivity index (χ2n) is 6.21. The molecule has 0 aliphatic carbocycles. The number of hydrogen-bond acceptors (Lipinski definition) is 6. The molecule has 2 rings (SSSR count). The first-order valence-electron chi connectivity index (χ1n) is 9.08. The Morgan fingerprint density at radius 2 is 1.60 bits per heavy atom. The first kappa shape index (κ1) is 22.7. The molecule has 2 aromatic carbocycles. The summed E-state index contributed by atoms with van der Waals surface area (Å²) >= 11 is 0. The summed E-state index contributed by atoms with van der Waals surface area (Å²) in [5, 5.41) is 2.63. The van der Waals surface area contributed by atoms with Crippen molar-refractivity contribution < 1.29 is 32.9 Å². The number of halogens is 1. The summed E-state index contributed by atoms with van der Waals surface area (Å²) in [5.41, 5.74) is 1.30. The highest BCUT2D eigenvalue weighted by Gasteiger charge is 2.16. The maximum atomic E-state index is 12.9. The Morgan fingerprint density at radius 1 is 1.00 bits per heavy atom. The number of nitrogens with one attached hydrogen (secondary N) is 1. The maximum absolute atomic E-state index is 12.9. The van der Waals surface area contributed by atoms with Crippen LogP contribution in [0.25, 0.3) is 6.08 Å². The van der Waals surface area contributed by atoms with E-state index in [1.165, 1.54) is 52.5 Å². The molecule has 0 saturated heterocycles. The highest BCUT2D eigenvalue weighted by atomic mass is 19.1. The Kier molecular flexibility index (Phi) is 8.22. The van der Waals surface area contributed by atoms with Gasteiger partial charge in [0.1, 0.15) is 11.6 Å². The summed E-state index contributed by atoms with van der Waals surface area (Å²) in [6.07, 6.45) is 1.68. The molecule has 30 heavy (non-hydrogen) atoms. The quantitative estimate of drug-likeness (QED) is 0.499. The second-order valence-corrected chi connectivity index (χ2v) is 6.21. The molecule has 0 aliphatic rings. The normalized spacial score (nSPS) is 11.6. The smallest absolute Gasteiger partial charge is 0.331 e. The molecule has 1 N–H and O–H groups in total. The van der Waals surface area contributed by atoms with Gasteiger partial charge in [0.2, 0.25) is 0 Å². The molecule has 160 valence electrons. The monoisotopic (exact) mass is 417 g/mol. The van der Waals surface area contributed by atoms with E-state index in [9.17, 15) is 14.0 Å². The van der Waals surface area contributed by atoms with E-state index in [4.69, 9.17) is 18.9 Å². The van der Waals surface area contributed by atoms with Crippen LogP contribution >= 0.6 is 0 Å². The van der Waals surface area contributed by atoms with Crippen molar-refractivity contribution in [3.8, 4) is 17.2 Å². The van der Waals surface area contributed by atoms with Crippen LogP contribution in [0.5, 0.6) is 17.2 Å². The number of amides is 1. The van der Waals surface area contributed by atoms with Gasteiger partial charge in [-0.1, -0.05) is 12.1 Å². The summed E-state index contributed by atoms with van der Waals surface area (Å²) in [7, 11) is 4.50. The average molecular weight is 417 g/mol. The molecular formula is C22H24FNO6. The average Bonchev–Trinajstić information content (AvgIpc) is 2.76. The van der Waals surface area contributed by atoms with Crippen LogP contribution in [0.4, 0.5) is 4.39 Å². The number of carbonyl (C=O) groups is 2. The third kappa shape index (κ3) is 6.23. The third-order valence-corrected chi connectivity index (χ3v) is 4.18. The Labute approximate surface area is 174 Å². The number of hydrogen-bond donors (Lipinski definition) is 1. The highest BCUT2D eigenvalue weighted by molar-refractivity contribution is 5.90. The van der Waals surface area contributed by atoms with E-state index in [0.29, 0.717) is 22.8 Å². The van der Waals surface area contributed by atoms with E-state index in [1.54, 1.807) is 24.3 Å². The molecule has 0 fully saturated rings. The first-order valence-corrected chi connectivity index (χ1v) is 9.08. The molecule has 2 aromatic rings. The van der Waals surface area contributed by atoms with Crippen molar-refractivity contribution >= 4 is 18.0 Å². The maximum Gasteiger partial charge on any atom is 0.331 e. The van der Waals surface area contributed by atoms with Crippen LogP contribution < -0.4 is 19.5 Å². The van der Waals surface area contributed by atoms with E-state index in [-0.39, 0.29) is 12.4 Å². The minimum Gasteiger partial charge on any atom is -0.496 e. The van der Waals surface area contributed by atoms with Crippen LogP contribution in [0.2, 0.25) is 0 Å². The van der Waals surface area contributed by atoms with Gasteiger partial charge in [0.15, 0.2) is 17.6 Å². The summed E-state index contributed by atoms with van der Waals surface area (Å²) in [6.45, 7) is 1.66. The highest BCUT2D eigenvalue weighted by Crippen LogP contribution is 2.35. The molecule has 0 unspecified atom stereocenters. The minimum absolute atomic E-state index is 0.194. The molecule has 1 atom stereocenters. The second kappa shape index (κ2) is 10.8. The van der Waals surface area contributed by atoms with Crippen molar-refractivity contribution in [1.29, 1.82) is 0 Å². The van der Waals surface area contributed by atoms with Crippen LogP contribution in [-0.2, 0) is 20.9 Å². The molecule has 0 heterocycles. The van der Waals surface area contributed by atoms with Gasteiger partial charge in [-0.2, -0.15) is 0 Å². The van der Waals surface area contributed by atoms with Gasteiger partial charge in [-0.05, 0) is 36.8 Å². The van der Waals surface area contributed by atoms with E-state index in [2.05, 4.69) is 5.32 Å². The van der Waals surface area contributed by atoms with Gasteiger partial charge in [0.25, 0.3) is 5.91 Å². The summed E-state index contributed by atoms with van der Waals surface area (Å²) in [6, 6.07) is 9.02. The number of methoxy groups -OCH3 is 3. The van der Waals surface area contributed by atoms with Gasteiger partial charge in [0.05, 0.1) is 21.3 Å². The van der Waals surface area contributed by atoms with E-state index >= 15 is 0 Å². The van der Waals surface area contributed by atoms with Crippen LogP contribution in [0.15, 0.2) is 42.5 Å². The van der Waals surface area contributed by atoms with Crippen LogP contribution in [0.1, 0.15) is 18.1 Å². The summed E-state index contributed by atoms with van der Waals surface area (Å²) in [4.78, 5) is 24.2. The van der Waals surface area contributed by atoms with Crippen LogP contribution in [-0.4, -0.2) is 39.3 Å². The molecule has 0 radical (unpaired) electrons. The Bertz CT molecular complexity index is 911. The standard InChI is InChI=1S/C22H24FNO6/c1-14(22(26)24-13-15-5-8-17(23)9-6-15)30-21(25)10-7-16-11-19(28-3)20(29-4)12-18(16)27-2/h5-12,14H,13H2,1-4H3,(H,24,26)/b10-7+/t14-/m1/s1. The van der Waals surface area contributed by atoms with Crippen LogP contribution in [0, 0.1) is 5.82 Å².